The molecule has 0 fully saturated rings. The number of benzene rings is 2. The van der Waals surface area contributed by atoms with E-state index in [9.17, 15) is 13.2 Å². The Balaban J connectivity index is 1.63. The Morgan fingerprint density at radius 3 is 2.40 bits per heavy atom. The van der Waals surface area contributed by atoms with E-state index in [2.05, 4.69) is 20.4 Å². The number of nitrogens with one attached hydrogen (secondary N) is 2. The lowest BCUT2D eigenvalue weighted by Crippen LogP contribution is -2.32. The van der Waals surface area contributed by atoms with E-state index < -0.39 is 10.0 Å². The van der Waals surface area contributed by atoms with Crippen molar-refractivity contribution in [2.75, 3.05) is 0 Å². The number of aromatic nitrogens is 3. The van der Waals surface area contributed by atoms with E-state index in [0.717, 1.165) is 11.1 Å². The van der Waals surface area contributed by atoms with Gasteiger partial charge < -0.3 is 5.32 Å². The highest BCUT2D eigenvalue weighted by Crippen LogP contribution is 2.13. The van der Waals surface area contributed by atoms with Gasteiger partial charge in [0.1, 0.15) is 0 Å². The highest BCUT2D eigenvalue weighted by atomic mass is 32.2. The highest BCUT2D eigenvalue weighted by molar-refractivity contribution is 7.88. The van der Waals surface area contributed by atoms with Crippen molar-refractivity contribution in [3.8, 4) is 0 Å². The minimum absolute atomic E-state index is 0.148. The number of carbonyl (C=O) groups is 1. The molecule has 0 aliphatic rings. The van der Waals surface area contributed by atoms with Crippen LogP contribution in [0.1, 0.15) is 41.0 Å². The maximum absolute atomic E-state index is 12.5. The quantitative estimate of drug-likeness (QED) is 0.544. The lowest BCUT2D eigenvalue weighted by Gasteiger charge is -2.13. The predicted molar refractivity (Wildman–Crippen MR) is 114 cm³/mol. The Hall–Kier alpha value is -3.04. The van der Waals surface area contributed by atoms with Crippen LogP contribution in [0.2, 0.25) is 0 Å². The third-order valence-electron chi connectivity index (χ3n) is 4.28. The number of sulfonamides is 1. The van der Waals surface area contributed by atoms with E-state index in [-0.39, 0.29) is 29.9 Å². The molecule has 0 unspecified atom stereocenters. The van der Waals surface area contributed by atoms with Crippen molar-refractivity contribution in [3.05, 3.63) is 83.2 Å². The number of amides is 1. The van der Waals surface area contributed by atoms with Gasteiger partial charge in [-0.25, -0.2) is 17.8 Å². The van der Waals surface area contributed by atoms with E-state index in [0.29, 0.717) is 12.1 Å². The first kappa shape index (κ1) is 21.7. The van der Waals surface area contributed by atoms with Gasteiger partial charge in [0.2, 0.25) is 10.0 Å². The minimum Gasteiger partial charge on any atom is -0.347 e. The van der Waals surface area contributed by atoms with Crippen LogP contribution in [0.25, 0.3) is 0 Å². The molecule has 3 aromatic rings. The summed E-state index contributed by atoms with van der Waals surface area (Å²) in [6, 6.07) is 16.7. The fraction of sp³-hybridized carbons (Fsp3) is 0.286. The maximum atomic E-state index is 12.5. The van der Waals surface area contributed by atoms with E-state index in [1.807, 2.05) is 36.4 Å². The van der Waals surface area contributed by atoms with Gasteiger partial charge in [-0.1, -0.05) is 59.8 Å². The summed E-state index contributed by atoms with van der Waals surface area (Å²) in [5.41, 5.74) is 2.63. The lowest BCUT2D eigenvalue weighted by atomic mass is 10.1. The summed E-state index contributed by atoms with van der Waals surface area (Å²) in [5, 5.41) is 10.7. The zero-order chi connectivity index (χ0) is 21.6. The standard InChI is InChI=1S/C21H25N5O3S/c1-16(2)24-30(28,29)15-19-11-7-6-10-18(19)12-22-21(27)20-14-26(25-23-20)13-17-8-4-3-5-9-17/h3-11,14,16,24H,12-13,15H2,1-2H3,(H,22,27). The average molecular weight is 428 g/mol. The number of hydrogen-bond acceptors (Lipinski definition) is 5. The second-order valence-electron chi connectivity index (χ2n) is 7.27. The number of hydrogen-bond donors (Lipinski definition) is 2. The molecule has 0 saturated heterocycles. The molecule has 2 N–H and O–H groups in total. The molecule has 9 heteroatoms. The molecule has 0 saturated carbocycles. The second-order valence-corrected chi connectivity index (χ2v) is 9.02. The van der Waals surface area contributed by atoms with E-state index in [4.69, 9.17) is 0 Å². The zero-order valence-electron chi connectivity index (χ0n) is 16.9. The van der Waals surface area contributed by atoms with E-state index >= 15 is 0 Å². The smallest absolute Gasteiger partial charge is 0.273 e. The van der Waals surface area contributed by atoms with Gasteiger partial charge >= 0.3 is 0 Å². The van der Waals surface area contributed by atoms with Crippen LogP contribution in [-0.2, 0) is 28.9 Å². The fourth-order valence-corrected chi connectivity index (χ4v) is 4.49. The van der Waals surface area contributed by atoms with Crippen molar-refractivity contribution in [1.82, 2.24) is 25.0 Å². The molecule has 0 atom stereocenters. The third kappa shape index (κ3) is 6.23. The Morgan fingerprint density at radius 1 is 1.03 bits per heavy atom. The molecule has 0 bridgehead atoms. The first-order valence-electron chi connectivity index (χ1n) is 9.61. The SMILES string of the molecule is CC(C)NS(=O)(=O)Cc1ccccc1CNC(=O)c1cn(Cc2ccccc2)nn1. The first-order valence-corrected chi connectivity index (χ1v) is 11.3. The van der Waals surface area contributed by atoms with Gasteiger partial charge in [0.25, 0.3) is 5.91 Å². The van der Waals surface area contributed by atoms with Crippen molar-refractivity contribution in [2.24, 2.45) is 0 Å². The van der Waals surface area contributed by atoms with Crippen molar-refractivity contribution < 1.29 is 13.2 Å². The largest absolute Gasteiger partial charge is 0.347 e. The van der Waals surface area contributed by atoms with E-state index in [1.165, 1.54) is 0 Å². The highest BCUT2D eigenvalue weighted by Gasteiger charge is 2.16. The van der Waals surface area contributed by atoms with Gasteiger partial charge in [-0.3, -0.25) is 4.79 Å². The molecule has 1 amide bonds. The average Bonchev–Trinajstić information content (AvgIpc) is 3.15. The molecule has 2 aromatic carbocycles. The van der Waals surface area contributed by atoms with Crippen LogP contribution in [0, 0.1) is 0 Å². The van der Waals surface area contributed by atoms with Crippen LogP contribution in [0.5, 0.6) is 0 Å². The molecular formula is C21H25N5O3S. The van der Waals surface area contributed by atoms with Crippen LogP contribution in [0.15, 0.2) is 60.8 Å². The minimum atomic E-state index is -3.46. The summed E-state index contributed by atoms with van der Waals surface area (Å²) in [6.45, 7) is 4.26. The van der Waals surface area contributed by atoms with Crippen molar-refractivity contribution >= 4 is 15.9 Å². The molecular weight excluding hydrogens is 402 g/mol. The van der Waals surface area contributed by atoms with Crippen molar-refractivity contribution in [1.29, 1.82) is 0 Å². The Bertz CT molecular complexity index is 1090. The summed E-state index contributed by atoms with van der Waals surface area (Å²) in [6.07, 6.45) is 1.59. The molecule has 0 aliphatic carbocycles. The molecule has 30 heavy (non-hydrogen) atoms. The lowest BCUT2D eigenvalue weighted by molar-refractivity contribution is 0.0945. The van der Waals surface area contributed by atoms with Gasteiger partial charge in [0.05, 0.1) is 18.5 Å². The normalized spacial score (nSPS) is 11.6. The first-order chi connectivity index (χ1) is 14.3. The third-order valence-corrected chi connectivity index (χ3v) is 5.80. The summed E-state index contributed by atoms with van der Waals surface area (Å²) in [4.78, 5) is 12.5. The summed E-state index contributed by atoms with van der Waals surface area (Å²) >= 11 is 0. The van der Waals surface area contributed by atoms with Crippen LogP contribution >= 0.6 is 0 Å². The van der Waals surface area contributed by atoms with Crippen LogP contribution in [0.3, 0.4) is 0 Å². The summed E-state index contributed by atoms with van der Waals surface area (Å²) < 4.78 is 28.7. The van der Waals surface area contributed by atoms with Gasteiger partial charge in [-0.2, -0.15) is 0 Å². The van der Waals surface area contributed by atoms with Crippen molar-refractivity contribution in [2.45, 2.75) is 38.7 Å². The van der Waals surface area contributed by atoms with Crippen molar-refractivity contribution in [3.63, 3.8) is 0 Å². The van der Waals surface area contributed by atoms with E-state index in [1.54, 1.807) is 42.9 Å². The molecule has 0 radical (unpaired) electrons. The molecule has 158 valence electrons. The van der Waals surface area contributed by atoms with Gasteiger partial charge in [0.15, 0.2) is 5.69 Å². The van der Waals surface area contributed by atoms with Crippen LogP contribution in [0.4, 0.5) is 0 Å². The van der Waals surface area contributed by atoms with Gasteiger partial charge in [-0.05, 0) is 30.5 Å². The summed E-state index contributed by atoms with van der Waals surface area (Å²) in [5.74, 6) is -0.517. The van der Waals surface area contributed by atoms with Gasteiger partial charge in [0, 0.05) is 12.6 Å². The maximum Gasteiger partial charge on any atom is 0.273 e. The Kier molecular flexibility index (Phi) is 6.96. The number of nitrogens with zero attached hydrogens (tertiary/aromatic N) is 3. The van der Waals surface area contributed by atoms with Crippen LogP contribution in [-0.4, -0.2) is 35.4 Å². The second kappa shape index (κ2) is 9.64. The summed E-state index contributed by atoms with van der Waals surface area (Å²) in [7, 11) is -3.46. The number of rotatable bonds is 9. The monoisotopic (exact) mass is 427 g/mol. The van der Waals surface area contributed by atoms with Gasteiger partial charge in [-0.15, -0.1) is 5.10 Å². The molecule has 1 aromatic heterocycles. The molecule has 1 heterocycles. The fourth-order valence-electron chi connectivity index (χ4n) is 2.99. The Labute approximate surface area is 176 Å². The Morgan fingerprint density at radius 2 is 1.70 bits per heavy atom. The topological polar surface area (TPSA) is 106 Å². The molecule has 0 aliphatic heterocycles. The number of carbonyl (C=O) groups excluding carboxylic acids is 1. The molecule has 8 nitrogen and oxygen atoms in total. The van der Waals surface area contributed by atoms with Crippen LogP contribution < -0.4 is 10.0 Å². The molecule has 3 rings (SSSR count). The molecule has 0 spiro atoms. The predicted octanol–water partition coefficient (Wildman–Crippen LogP) is 2.08. The zero-order valence-corrected chi connectivity index (χ0v) is 17.8.